The number of carboxylic acids is 1. The zero-order valence-electron chi connectivity index (χ0n) is 19.8. The fourth-order valence-corrected chi connectivity index (χ4v) is 5.90. The first-order valence-electron chi connectivity index (χ1n) is 11.1. The van der Waals surface area contributed by atoms with Crippen molar-refractivity contribution < 1.29 is 27.9 Å². The molecule has 0 atom stereocenters. The van der Waals surface area contributed by atoms with Gasteiger partial charge in [-0.2, -0.15) is 0 Å². The number of aryl methyl sites for hydroxylation is 2. The fraction of sp³-hybridized carbons (Fsp3) is 0.259. The third-order valence-electron chi connectivity index (χ3n) is 6.14. The number of ether oxygens (including phenoxy) is 1. The third-order valence-corrected chi connectivity index (χ3v) is 7.87. The normalized spacial score (nSPS) is 13.8. The number of hydrogen-bond donors (Lipinski definition) is 2. The molecule has 0 spiro atoms. The number of aliphatic carboxylic acids is 1. The second kappa shape index (κ2) is 10.7. The van der Waals surface area contributed by atoms with Crippen molar-refractivity contribution in [1.29, 1.82) is 0 Å². The minimum atomic E-state index is -3.68. The highest BCUT2D eigenvalue weighted by molar-refractivity contribution is 7.91. The number of fused-ring (bicyclic) bond motifs is 1. The van der Waals surface area contributed by atoms with Gasteiger partial charge in [0.05, 0.1) is 12.9 Å². The number of rotatable bonds is 8. The van der Waals surface area contributed by atoms with Gasteiger partial charge in [-0.15, -0.1) is 0 Å². The monoisotopic (exact) mass is 495 g/mol. The molecule has 0 saturated heterocycles. The SMILES string of the molecule is C=O.COc1ccc(NC2(C(=O)O)Cc3ccccc3C2)cc1S(=O)(=O)CCc1cccc(C)c1. The standard InChI is InChI=1S/C26H27NO5S.CH2O/c1-18-6-5-7-19(14-18)12-13-33(30,31)24-15-22(10-11-23(24)32-2)27-26(25(28)29)16-20-8-3-4-9-21(20)17-26;1-2/h3-11,14-15,27H,12-13,16-17H2,1-2H3,(H,28,29);1H2. The predicted octanol–water partition coefficient (Wildman–Crippen LogP) is 3.87. The Balaban J connectivity index is 0.00000167. The number of sulfone groups is 1. The molecule has 0 bridgehead atoms. The maximum absolute atomic E-state index is 13.2. The number of methoxy groups -OCH3 is 1. The van der Waals surface area contributed by atoms with Crippen molar-refractivity contribution in [2.45, 2.75) is 36.6 Å². The van der Waals surface area contributed by atoms with Gasteiger partial charge in [0.15, 0.2) is 9.84 Å². The lowest BCUT2D eigenvalue weighted by molar-refractivity contribution is -0.142. The maximum Gasteiger partial charge on any atom is 0.330 e. The Bertz CT molecular complexity index is 1290. The lowest BCUT2D eigenvalue weighted by Gasteiger charge is -2.27. The van der Waals surface area contributed by atoms with Gasteiger partial charge in [-0.05, 0) is 48.2 Å². The van der Waals surface area contributed by atoms with Gasteiger partial charge in [0.25, 0.3) is 0 Å². The van der Waals surface area contributed by atoms with Crippen molar-refractivity contribution in [2.24, 2.45) is 0 Å². The highest BCUT2D eigenvalue weighted by atomic mass is 32.2. The van der Waals surface area contributed by atoms with Gasteiger partial charge in [-0.1, -0.05) is 54.1 Å². The van der Waals surface area contributed by atoms with E-state index >= 15 is 0 Å². The summed E-state index contributed by atoms with van der Waals surface area (Å²) in [6, 6.07) is 20.1. The predicted molar refractivity (Wildman–Crippen MR) is 135 cm³/mol. The molecule has 0 radical (unpaired) electrons. The summed E-state index contributed by atoms with van der Waals surface area (Å²) in [5.41, 5.74) is 3.17. The molecular weight excluding hydrogens is 466 g/mol. The van der Waals surface area contributed by atoms with Crippen LogP contribution in [0.4, 0.5) is 5.69 Å². The zero-order chi connectivity index (χ0) is 25.6. The number of hydrogen-bond acceptors (Lipinski definition) is 6. The van der Waals surface area contributed by atoms with E-state index in [0.717, 1.165) is 22.3 Å². The van der Waals surface area contributed by atoms with Crippen LogP contribution in [-0.4, -0.2) is 44.7 Å². The first kappa shape index (κ1) is 26.0. The minimum Gasteiger partial charge on any atom is -0.495 e. The van der Waals surface area contributed by atoms with E-state index in [9.17, 15) is 18.3 Å². The van der Waals surface area contributed by atoms with E-state index in [1.165, 1.54) is 13.2 Å². The smallest absolute Gasteiger partial charge is 0.330 e. The molecule has 0 heterocycles. The van der Waals surface area contributed by atoms with E-state index in [1.54, 1.807) is 12.1 Å². The number of carbonyl (C=O) groups is 2. The van der Waals surface area contributed by atoms with Gasteiger partial charge >= 0.3 is 5.97 Å². The molecule has 4 rings (SSSR count). The molecule has 0 fully saturated rings. The molecule has 7 nitrogen and oxygen atoms in total. The molecule has 0 saturated carbocycles. The second-order valence-corrected chi connectivity index (χ2v) is 10.6. The summed E-state index contributed by atoms with van der Waals surface area (Å²) in [7, 11) is -2.25. The van der Waals surface area contributed by atoms with Crippen LogP contribution in [0, 0.1) is 6.92 Å². The van der Waals surface area contributed by atoms with Gasteiger partial charge < -0.3 is 20.0 Å². The quantitative estimate of drug-likeness (QED) is 0.488. The molecule has 0 aromatic heterocycles. The van der Waals surface area contributed by atoms with Gasteiger partial charge in [0.2, 0.25) is 0 Å². The first-order valence-corrected chi connectivity index (χ1v) is 12.7. The first-order chi connectivity index (χ1) is 16.7. The van der Waals surface area contributed by atoms with Crippen LogP contribution in [0.25, 0.3) is 0 Å². The van der Waals surface area contributed by atoms with E-state index in [0.29, 0.717) is 24.9 Å². The topological polar surface area (TPSA) is 110 Å². The average Bonchev–Trinajstić information content (AvgIpc) is 3.24. The Morgan fingerprint density at radius 2 is 1.69 bits per heavy atom. The van der Waals surface area contributed by atoms with Crippen molar-refractivity contribution in [1.82, 2.24) is 0 Å². The van der Waals surface area contributed by atoms with Crippen LogP contribution in [0.15, 0.2) is 71.6 Å². The maximum atomic E-state index is 13.2. The summed E-state index contributed by atoms with van der Waals surface area (Å²) in [4.78, 5) is 20.3. The number of nitrogens with one attached hydrogen (secondary N) is 1. The van der Waals surface area contributed by atoms with Crippen molar-refractivity contribution >= 4 is 28.3 Å². The molecule has 2 N–H and O–H groups in total. The van der Waals surface area contributed by atoms with Crippen molar-refractivity contribution in [2.75, 3.05) is 18.2 Å². The van der Waals surface area contributed by atoms with Gasteiger partial charge in [0.1, 0.15) is 23.0 Å². The van der Waals surface area contributed by atoms with E-state index in [2.05, 4.69) is 5.32 Å². The Kier molecular flexibility index (Phi) is 7.96. The zero-order valence-corrected chi connectivity index (χ0v) is 20.6. The molecule has 8 heteroatoms. The highest BCUT2D eigenvalue weighted by Gasteiger charge is 2.44. The Labute approximate surface area is 205 Å². The lowest BCUT2D eigenvalue weighted by Crippen LogP contribution is -2.47. The van der Waals surface area contributed by atoms with E-state index in [-0.39, 0.29) is 16.4 Å². The largest absolute Gasteiger partial charge is 0.495 e. The molecule has 3 aromatic rings. The van der Waals surface area contributed by atoms with Crippen LogP contribution < -0.4 is 10.1 Å². The summed E-state index contributed by atoms with van der Waals surface area (Å²) in [5.74, 6) is -0.812. The number of carbonyl (C=O) groups excluding carboxylic acids is 1. The van der Waals surface area contributed by atoms with Gasteiger partial charge in [-0.3, -0.25) is 0 Å². The Morgan fingerprint density at radius 3 is 2.26 bits per heavy atom. The van der Waals surface area contributed by atoms with Crippen LogP contribution in [0.1, 0.15) is 22.3 Å². The third kappa shape index (κ3) is 5.71. The molecule has 35 heavy (non-hydrogen) atoms. The van der Waals surface area contributed by atoms with Crippen molar-refractivity contribution in [3.05, 3.63) is 89.0 Å². The molecule has 184 valence electrons. The molecule has 1 aliphatic carbocycles. The molecule has 0 unspecified atom stereocenters. The van der Waals surface area contributed by atoms with Crippen LogP contribution >= 0.6 is 0 Å². The van der Waals surface area contributed by atoms with E-state index in [1.807, 2.05) is 62.2 Å². The molecule has 0 aliphatic heterocycles. The van der Waals surface area contributed by atoms with Crippen LogP contribution in [0.3, 0.4) is 0 Å². The van der Waals surface area contributed by atoms with Crippen molar-refractivity contribution in [3.8, 4) is 5.75 Å². The summed E-state index contributed by atoms with van der Waals surface area (Å²) in [6.07, 6.45) is 1.01. The molecule has 3 aromatic carbocycles. The molecule has 0 amide bonds. The lowest BCUT2D eigenvalue weighted by atomic mass is 9.95. The summed E-state index contributed by atoms with van der Waals surface area (Å²) in [6.45, 7) is 3.97. The van der Waals surface area contributed by atoms with Crippen LogP contribution in [0.2, 0.25) is 0 Å². The average molecular weight is 496 g/mol. The number of anilines is 1. The minimum absolute atomic E-state index is 0.0544. The van der Waals surface area contributed by atoms with Crippen molar-refractivity contribution in [3.63, 3.8) is 0 Å². The van der Waals surface area contributed by atoms with Gasteiger partial charge in [0, 0.05) is 18.5 Å². The summed E-state index contributed by atoms with van der Waals surface area (Å²) < 4.78 is 31.8. The van der Waals surface area contributed by atoms with Crippen LogP contribution in [-0.2, 0) is 38.7 Å². The summed E-state index contributed by atoms with van der Waals surface area (Å²) >= 11 is 0. The molecular formula is C27H29NO6S. The second-order valence-electron chi connectivity index (χ2n) is 8.56. The fourth-order valence-electron chi connectivity index (χ4n) is 4.41. The van der Waals surface area contributed by atoms with E-state index < -0.39 is 21.3 Å². The molecule has 1 aliphatic rings. The number of benzene rings is 3. The highest BCUT2D eigenvalue weighted by Crippen LogP contribution is 2.35. The van der Waals surface area contributed by atoms with Gasteiger partial charge in [-0.25, -0.2) is 13.2 Å². The Hall–Kier alpha value is -3.65. The van der Waals surface area contributed by atoms with E-state index in [4.69, 9.17) is 9.53 Å². The summed E-state index contributed by atoms with van der Waals surface area (Å²) in [5, 5.41) is 13.2. The Morgan fingerprint density at radius 1 is 1.03 bits per heavy atom. The van der Waals surface area contributed by atoms with Crippen LogP contribution in [0.5, 0.6) is 5.75 Å². The number of carboxylic acid groups (broad SMARTS) is 1.